The van der Waals surface area contributed by atoms with Crippen molar-refractivity contribution in [1.29, 1.82) is 0 Å². The van der Waals surface area contributed by atoms with E-state index in [0.29, 0.717) is 17.1 Å². The second-order valence-electron chi connectivity index (χ2n) is 3.45. The van der Waals surface area contributed by atoms with Crippen LogP contribution in [0.15, 0.2) is 18.2 Å². The Morgan fingerprint density at radius 1 is 1.29 bits per heavy atom. The molecule has 5 heteroatoms. The van der Waals surface area contributed by atoms with Crippen LogP contribution in [0.4, 0.5) is 0 Å². The molecule has 0 saturated heterocycles. The molecular weight excluding hydrogens is 224 g/mol. The van der Waals surface area contributed by atoms with Crippen LogP contribution in [-0.2, 0) is 4.74 Å². The average Bonchev–Trinajstić information content (AvgIpc) is 2.36. The van der Waals surface area contributed by atoms with Crippen molar-refractivity contribution >= 4 is 6.29 Å². The first kappa shape index (κ1) is 13.5. The van der Waals surface area contributed by atoms with Gasteiger partial charge < -0.3 is 19.3 Å². The molecule has 0 aromatic heterocycles. The number of rotatable bonds is 7. The lowest BCUT2D eigenvalue weighted by molar-refractivity contribution is 0.0319. The second-order valence-corrected chi connectivity index (χ2v) is 3.45. The minimum absolute atomic E-state index is 0.102. The fraction of sp³-hybridized carbons (Fsp3) is 0.417. The van der Waals surface area contributed by atoms with Crippen LogP contribution in [0.3, 0.4) is 0 Å². The molecular formula is C12H16O5. The summed E-state index contributed by atoms with van der Waals surface area (Å²) in [6.07, 6.45) is 0.0296. The zero-order valence-corrected chi connectivity index (χ0v) is 9.88. The summed E-state index contributed by atoms with van der Waals surface area (Å²) >= 11 is 0. The van der Waals surface area contributed by atoms with Gasteiger partial charge in [-0.3, -0.25) is 4.79 Å². The third-order valence-electron chi connectivity index (χ3n) is 2.11. The standard InChI is InChI=1S/C12H16O5/c1-15-7-10(14)8-17-11-4-3-9(6-13)5-12(11)16-2/h3-6,10,14H,7-8H2,1-2H3. The maximum absolute atomic E-state index is 10.6. The summed E-state index contributed by atoms with van der Waals surface area (Å²) < 4.78 is 15.2. The van der Waals surface area contributed by atoms with Gasteiger partial charge in [0.2, 0.25) is 0 Å². The van der Waals surface area contributed by atoms with Crippen LogP contribution in [0.1, 0.15) is 10.4 Å². The third kappa shape index (κ3) is 4.05. The Morgan fingerprint density at radius 3 is 2.65 bits per heavy atom. The zero-order valence-electron chi connectivity index (χ0n) is 9.88. The van der Waals surface area contributed by atoms with E-state index in [9.17, 15) is 9.90 Å². The van der Waals surface area contributed by atoms with Crippen molar-refractivity contribution in [2.45, 2.75) is 6.10 Å². The van der Waals surface area contributed by atoms with Crippen LogP contribution < -0.4 is 9.47 Å². The lowest BCUT2D eigenvalue weighted by atomic mass is 10.2. The molecule has 17 heavy (non-hydrogen) atoms. The van der Waals surface area contributed by atoms with Crippen molar-refractivity contribution in [2.24, 2.45) is 0 Å². The number of hydrogen-bond donors (Lipinski definition) is 1. The van der Waals surface area contributed by atoms with Crippen LogP contribution >= 0.6 is 0 Å². The molecule has 1 aromatic rings. The smallest absolute Gasteiger partial charge is 0.161 e. The van der Waals surface area contributed by atoms with Crippen molar-refractivity contribution in [3.63, 3.8) is 0 Å². The first-order valence-corrected chi connectivity index (χ1v) is 5.14. The Kier molecular flexibility index (Phi) is 5.45. The fourth-order valence-electron chi connectivity index (χ4n) is 1.30. The van der Waals surface area contributed by atoms with E-state index >= 15 is 0 Å². The summed E-state index contributed by atoms with van der Waals surface area (Å²) in [5.74, 6) is 0.937. The van der Waals surface area contributed by atoms with Crippen LogP contribution in [0.5, 0.6) is 11.5 Å². The van der Waals surface area contributed by atoms with Crippen molar-refractivity contribution < 1.29 is 24.1 Å². The molecule has 0 bridgehead atoms. The van der Waals surface area contributed by atoms with Gasteiger partial charge in [-0.1, -0.05) is 0 Å². The van der Waals surface area contributed by atoms with Crippen LogP contribution in [0.25, 0.3) is 0 Å². The van der Waals surface area contributed by atoms with Gasteiger partial charge in [-0.25, -0.2) is 0 Å². The van der Waals surface area contributed by atoms with Gasteiger partial charge in [0.15, 0.2) is 11.5 Å². The van der Waals surface area contributed by atoms with E-state index in [4.69, 9.17) is 14.2 Å². The third-order valence-corrected chi connectivity index (χ3v) is 2.11. The molecule has 0 aliphatic carbocycles. The molecule has 1 rings (SSSR count). The monoisotopic (exact) mass is 240 g/mol. The molecule has 0 spiro atoms. The minimum atomic E-state index is -0.699. The molecule has 0 saturated carbocycles. The summed E-state index contributed by atoms with van der Waals surface area (Å²) in [7, 11) is 2.99. The van der Waals surface area contributed by atoms with Crippen LogP contribution in [-0.4, -0.2) is 44.9 Å². The van der Waals surface area contributed by atoms with E-state index in [2.05, 4.69) is 0 Å². The summed E-state index contributed by atoms with van der Waals surface area (Å²) in [6, 6.07) is 4.82. The average molecular weight is 240 g/mol. The summed E-state index contributed by atoms with van der Waals surface area (Å²) in [5, 5.41) is 9.43. The van der Waals surface area contributed by atoms with E-state index in [-0.39, 0.29) is 13.2 Å². The molecule has 1 unspecified atom stereocenters. The number of aliphatic hydroxyl groups is 1. The maximum Gasteiger partial charge on any atom is 0.161 e. The predicted octanol–water partition coefficient (Wildman–Crippen LogP) is 0.894. The van der Waals surface area contributed by atoms with E-state index in [1.54, 1.807) is 18.2 Å². The van der Waals surface area contributed by atoms with E-state index < -0.39 is 6.10 Å². The minimum Gasteiger partial charge on any atom is -0.493 e. The normalized spacial score (nSPS) is 11.9. The molecule has 0 aliphatic heterocycles. The number of aldehydes is 1. The maximum atomic E-state index is 10.6. The largest absolute Gasteiger partial charge is 0.493 e. The molecule has 0 aliphatic rings. The number of carbonyl (C=O) groups excluding carboxylic acids is 1. The summed E-state index contributed by atoms with van der Waals surface area (Å²) in [6.45, 7) is 0.305. The van der Waals surface area contributed by atoms with Gasteiger partial charge in [0.1, 0.15) is 19.0 Å². The molecule has 1 aromatic carbocycles. The molecule has 0 radical (unpaired) electrons. The molecule has 5 nitrogen and oxygen atoms in total. The summed E-state index contributed by atoms with van der Waals surface area (Å²) in [4.78, 5) is 10.6. The highest BCUT2D eigenvalue weighted by Crippen LogP contribution is 2.27. The lowest BCUT2D eigenvalue weighted by Crippen LogP contribution is -2.22. The summed E-state index contributed by atoms with van der Waals surface area (Å²) in [5.41, 5.74) is 0.506. The van der Waals surface area contributed by atoms with Crippen molar-refractivity contribution in [2.75, 3.05) is 27.4 Å². The Hall–Kier alpha value is -1.59. The van der Waals surface area contributed by atoms with Crippen molar-refractivity contribution in [1.82, 2.24) is 0 Å². The van der Waals surface area contributed by atoms with E-state index in [1.807, 2.05) is 0 Å². The van der Waals surface area contributed by atoms with Crippen molar-refractivity contribution in [3.05, 3.63) is 23.8 Å². The SMILES string of the molecule is COCC(O)COc1ccc(C=O)cc1OC. The van der Waals surface area contributed by atoms with Gasteiger partial charge in [-0.15, -0.1) is 0 Å². The van der Waals surface area contributed by atoms with Gasteiger partial charge >= 0.3 is 0 Å². The molecule has 1 atom stereocenters. The molecule has 0 amide bonds. The first-order chi connectivity index (χ1) is 8.21. The molecule has 0 heterocycles. The predicted molar refractivity (Wildman–Crippen MR) is 61.8 cm³/mol. The number of carbonyl (C=O) groups is 1. The first-order valence-electron chi connectivity index (χ1n) is 5.14. The van der Waals surface area contributed by atoms with E-state index in [1.165, 1.54) is 14.2 Å². The molecule has 94 valence electrons. The number of ether oxygens (including phenoxy) is 3. The highest BCUT2D eigenvalue weighted by atomic mass is 16.5. The van der Waals surface area contributed by atoms with Gasteiger partial charge in [-0.05, 0) is 18.2 Å². The zero-order chi connectivity index (χ0) is 12.7. The number of methoxy groups -OCH3 is 2. The highest BCUT2D eigenvalue weighted by molar-refractivity contribution is 5.76. The topological polar surface area (TPSA) is 65.0 Å². The van der Waals surface area contributed by atoms with E-state index in [0.717, 1.165) is 6.29 Å². The fourth-order valence-corrected chi connectivity index (χ4v) is 1.30. The Bertz CT molecular complexity index is 364. The van der Waals surface area contributed by atoms with Crippen LogP contribution in [0, 0.1) is 0 Å². The Labute approximate surface area is 99.9 Å². The van der Waals surface area contributed by atoms with Gasteiger partial charge in [0.25, 0.3) is 0 Å². The molecule has 1 N–H and O–H groups in total. The second kappa shape index (κ2) is 6.88. The van der Waals surface area contributed by atoms with Crippen LogP contribution in [0.2, 0.25) is 0 Å². The Morgan fingerprint density at radius 2 is 2.06 bits per heavy atom. The lowest BCUT2D eigenvalue weighted by Gasteiger charge is -2.14. The van der Waals surface area contributed by atoms with Gasteiger partial charge in [0, 0.05) is 12.7 Å². The quantitative estimate of drug-likeness (QED) is 0.717. The van der Waals surface area contributed by atoms with Gasteiger partial charge in [0.05, 0.1) is 13.7 Å². The number of hydrogen-bond acceptors (Lipinski definition) is 5. The van der Waals surface area contributed by atoms with Crippen molar-refractivity contribution in [3.8, 4) is 11.5 Å². The Balaban J connectivity index is 2.67. The molecule has 0 fully saturated rings. The number of aliphatic hydroxyl groups excluding tert-OH is 1. The highest BCUT2D eigenvalue weighted by Gasteiger charge is 2.09. The number of benzene rings is 1. The van der Waals surface area contributed by atoms with Gasteiger partial charge in [-0.2, -0.15) is 0 Å².